The Morgan fingerprint density at radius 3 is 2.69 bits per heavy atom. The molecule has 0 fully saturated rings. The average molecular weight is 371 g/mol. The summed E-state index contributed by atoms with van der Waals surface area (Å²) < 4.78 is 5.17. The van der Waals surface area contributed by atoms with Crippen molar-refractivity contribution < 1.29 is 19.4 Å². The quantitative estimate of drug-likeness (QED) is 0.552. The predicted octanol–water partition coefficient (Wildman–Crippen LogP) is 2.68. The van der Waals surface area contributed by atoms with E-state index in [0.29, 0.717) is 11.7 Å². The lowest BCUT2D eigenvalue weighted by Crippen LogP contribution is -2.24. The fourth-order valence-electron chi connectivity index (χ4n) is 2.31. The van der Waals surface area contributed by atoms with E-state index in [2.05, 4.69) is 15.3 Å². The van der Waals surface area contributed by atoms with E-state index in [0.717, 1.165) is 22.3 Å². The van der Waals surface area contributed by atoms with Crippen molar-refractivity contribution in [3.8, 4) is 5.75 Å². The van der Waals surface area contributed by atoms with Crippen LogP contribution in [0.25, 0.3) is 11.0 Å². The summed E-state index contributed by atoms with van der Waals surface area (Å²) in [7, 11) is 1.60. The molecule has 134 valence electrons. The van der Waals surface area contributed by atoms with E-state index in [4.69, 9.17) is 9.84 Å². The van der Waals surface area contributed by atoms with Gasteiger partial charge in [0.2, 0.25) is 5.91 Å². The minimum atomic E-state index is -0.972. The maximum atomic E-state index is 12.0. The molecule has 0 aliphatic heterocycles. The molecular formula is C18H17N3O4S. The maximum absolute atomic E-state index is 12.0. The first-order chi connectivity index (χ1) is 12.5. The van der Waals surface area contributed by atoms with E-state index in [9.17, 15) is 9.59 Å². The number of imidazole rings is 1. The fourth-order valence-corrected chi connectivity index (χ4v) is 3.03. The maximum Gasteiger partial charge on any atom is 0.335 e. The van der Waals surface area contributed by atoms with E-state index in [-0.39, 0.29) is 17.2 Å². The van der Waals surface area contributed by atoms with Gasteiger partial charge >= 0.3 is 5.97 Å². The largest absolute Gasteiger partial charge is 0.497 e. The van der Waals surface area contributed by atoms with Crippen LogP contribution in [0.15, 0.2) is 47.6 Å². The lowest BCUT2D eigenvalue weighted by Gasteiger charge is -2.05. The first-order valence-electron chi connectivity index (χ1n) is 7.80. The Morgan fingerprint density at radius 1 is 1.23 bits per heavy atom. The molecule has 0 saturated heterocycles. The molecule has 2 aromatic carbocycles. The van der Waals surface area contributed by atoms with Crippen LogP contribution in [-0.4, -0.2) is 39.8 Å². The molecule has 26 heavy (non-hydrogen) atoms. The van der Waals surface area contributed by atoms with Gasteiger partial charge in [-0.2, -0.15) is 0 Å². The van der Waals surface area contributed by atoms with Gasteiger partial charge in [0.05, 0.1) is 29.5 Å². The molecule has 8 heteroatoms. The number of carboxylic acid groups (broad SMARTS) is 1. The Balaban J connectivity index is 1.51. The van der Waals surface area contributed by atoms with Gasteiger partial charge in [-0.05, 0) is 29.8 Å². The highest BCUT2D eigenvalue weighted by molar-refractivity contribution is 7.99. The minimum Gasteiger partial charge on any atom is -0.497 e. The monoisotopic (exact) mass is 371 g/mol. The van der Waals surface area contributed by atoms with Gasteiger partial charge in [-0.1, -0.05) is 23.9 Å². The van der Waals surface area contributed by atoms with Crippen molar-refractivity contribution in [2.24, 2.45) is 0 Å². The zero-order valence-corrected chi connectivity index (χ0v) is 14.8. The Bertz CT molecular complexity index is 937. The van der Waals surface area contributed by atoms with Crippen LogP contribution in [0.1, 0.15) is 15.9 Å². The summed E-state index contributed by atoms with van der Waals surface area (Å²) in [6.07, 6.45) is 0. The SMILES string of the molecule is COc1ccc2nc(SCC(=O)NCc3ccc(C(=O)O)cc3)[nH]c2c1. The summed E-state index contributed by atoms with van der Waals surface area (Å²) in [5.41, 5.74) is 2.72. The van der Waals surface area contributed by atoms with Crippen molar-refractivity contribution in [1.29, 1.82) is 0 Å². The molecule has 1 heterocycles. The predicted molar refractivity (Wildman–Crippen MR) is 98.6 cm³/mol. The topological polar surface area (TPSA) is 104 Å². The molecule has 3 N–H and O–H groups in total. The fraction of sp³-hybridized carbons (Fsp3) is 0.167. The summed E-state index contributed by atoms with van der Waals surface area (Å²) in [5, 5.41) is 12.3. The van der Waals surface area contributed by atoms with Gasteiger partial charge in [-0.15, -0.1) is 0 Å². The molecular weight excluding hydrogens is 354 g/mol. The highest BCUT2D eigenvalue weighted by Crippen LogP contribution is 2.22. The van der Waals surface area contributed by atoms with E-state index in [1.807, 2.05) is 18.2 Å². The first-order valence-corrected chi connectivity index (χ1v) is 8.79. The van der Waals surface area contributed by atoms with Crippen molar-refractivity contribution in [2.75, 3.05) is 12.9 Å². The number of H-pyrrole nitrogens is 1. The third kappa shape index (κ3) is 4.34. The molecule has 0 spiro atoms. The number of hydrogen-bond donors (Lipinski definition) is 3. The number of carbonyl (C=O) groups is 2. The summed E-state index contributed by atoms with van der Waals surface area (Å²) >= 11 is 1.31. The second-order valence-electron chi connectivity index (χ2n) is 5.49. The second kappa shape index (κ2) is 7.92. The Hall–Kier alpha value is -3.00. The van der Waals surface area contributed by atoms with Crippen molar-refractivity contribution in [1.82, 2.24) is 15.3 Å². The third-order valence-corrected chi connectivity index (χ3v) is 4.57. The van der Waals surface area contributed by atoms with Crippen molar-refractivity contribution in [2.45, 2.75) is 11.7 Å². The van der Waals surface area contributed by atoms with Crippen molar-refractivity contribution in [3.05, 3.63) is 53.6 Å². The number of nitrogens with one attached hydrogen (secondary N) is 2. The van der Waals surface area contributed by atoms with E-state index in [1.54, 1.807) is 19.2 Å². The van der Waals surface area contributed by atoms with Gasteiger partial charge in [0.15, 0.2) is 5.16 Å². The summed E-state index contributed by atoms with van der Waals surface area (Å²) in [6.45, 7) is 0.344. The molecule has 0 aliphatic carbocycles. The number of fused-ring (bicyclic) bond motifs is 1. The third-order valence-electron chi connectivity index (χ3n) is 3.70. The standard InChI is InChI=1S/C18H17N3O4S/c1-25-13-6-7-14-15(8-13)21-18(20-14)26-10-16(22)19-9-11-2-4-12(5-3-11)17(23)24/h2-8H,9-10H2,1H3,(H,19,22)(H,20,21)(H,23,24). The van der Waals surface area contributed by atoms with Crippen molar-refractivity contribution in [3.63, 3.8) is 0 Å². The van der Waals surface area contributed by atoms with Crippen LogP contribution in [0.4, 0.5) is 0 Å². The Labute approximate surface area is 153 Å². The van der Waals surface area contributed by atoms with Gasteiger partial charge in [0.25, 0.3) is 0 Å². The highest BCUT2D eigenvalue weighted by Gasteiger charge is 2.08. The normalized spacial score (nSPS) is 10.7. The lowest BCUT2D eigenvalue weighted by molar-refractivity contribution is -0.118. The van der Waals surface area contributed by atoms with Crippen LogP contribution < -0.4 is 10.1 Å². The molecule has 0 bridgehead atoms. The van der Waals surface area contributed by atoms with Gasteiger partial charge in [-0.25, -0.2) is 9.78 Å². The number of nitrogens with zero attached hydrogens (tertiary/aromatic N) is 1. The molecule has 0 radical (unpaired) electrons. The zero-order valence-electron chi connectivity index (χ0n) is 14.0. The number of aromatic nitrogens is 2. The molecule has 0 saturated carbocycles. The van der Waals surface area contributed by atoms with Crippen LogP contribution >= 0.6 is 11.8 Å². The highest BCUT2D eigenvalue weighted by atomic mass is 32.2. The number of hydrogen-bond acceptors (Lipinski definition) is 5. The van der Waals surface area contributed by atoms with Crippen LogP contribution in [-0.2, 0) is 11.3 Å². The molecule has 0 unspecified atom stereocenters. The van der Waals surface area contributed by atoms with Crippen LogP contribution in [0, 0.1) is 0 Å². The molecule has 0 aliphatic rings. The van der Waals surface area contributed by atoms with Crippen LogP contribution in [0.5, 0.6) is 5.75 Å². The van der Waals surface area contributed by atoms with Gasteiger partial charge in [0, 0.05) is 12.6 Å². The first kappa shape index (κ1) is 17.8. The van der Waals surface area contributed by atoms with Crippen LogP contribution in [0.2, 0.25) is 0 Å². The number of benzene rings is 2. The number of methoxy groups -OCH3 is 1. The number of aromatic carboxylic acids is 1. The van der Waals surface area contributed by atoms with E-state index >= 15 is 0 Å². The molecule has 1 aromatic heterocycles. The Kier molecular flexibility index (Phi) is 5.43. The van der Waals surface area contributed by atoms with Crippen molar-refractivity contribution >= 4 is 34.7 Å². The van der Waals surface area contributed by atoms with E-state index in [1.165, 1.54) is 23.9 Å². The van der Waals surface area contributed by atoms with Gasteiger partial charge < -0.3 is 20.1 Å². The minimum absolute atomic E-state index is 0.129. The number of thioether (sulfide) groups is 1. The number of carbonyl (C=O) groups excluding carboxylic acids is 1. The number of ether oxygens (including phenoxy) is 1. The molecule has 7 nitrogen and oxygen atoms in total. The zero-order chi connectivity index (χ0) is 18.5. The number of amides is 1. The lowest BCUT2D eigenvalue weighted by atomic mass is 10.1. The summed E-state index contributed by atoms with van der Waals surface area (Å²) in [4.78, 5) is 30.4. The van der Waals surface area contributed by atoms with Gasteiger partial charge in [0.1, 0.15) is 5.75 Å². The smallest absolute Gasteiger partial charge is 0.335 e. The molecule has 1 amide bonds. The molecule has 0 atom stereocenters. The molecule has 3 rings (SSSR count). The van der Waals surface area contributed by atoms with Gasteiger partial charge in [-0.3, -0.25) is 4.79 Å². The second-order valence-corrected chi connectivity index (χ2v) is 6.46. The number of carboxylic acids is 1. The number of aromatic amines is 1. The van der Waals surface area contributed by atoms with E-state index < -0.39 is 5.97 Å². The summed E-state index contributed by atoms with van der Waals surface area (Å²) in [6, 6.07) is 11.9. The number of rotatable bonds is 7. The molecule has 3 aromatic rings. The van der Waals surface area contributed by atoms with Crippen LogP contribution in [0.3, 0.4) is 0 Å². The Morgan fingerprint density at radius 2 is 2.00 bits per heavy atom. The average Bonchev–Trinajstić information content (AvgIpc) is 3.07. The summed E-state index contributed by atoms with van der Waals surface area (Å²) in [5.74, 6) is -0.135.